The number of rotatable bonds is 5. The molecule has 0 saturated carbocycles. The number of methoxy groups -OCH3 is 1. The highest BCUT2D eigenvalue weighted by Crippen LogP contribution is 2.20. The van der Waals surface area contributed by atoms with Crippen molar-refractivity contribution in [3.8, 4) is 5.75 Å². The van der Waals surface area contributed by atoms with Gasteiger partial charge in [0.1, 0.15) is 5.75 Å². The zero-order valence-electron chi connectivity index (χ0n) is 13.4. The lowest BCUT2D eigenvalue weighted by molar-refractivity contribution is -0.512. The molecule has 0 aromatic heterocycles. The molecule has 120 valence electrons. The minimum absolute atomic E-state index is 0.291. The standard InChI is InChI=1S/C18H20N2O3/c1-18(2,17(19-21)14-9-5-4-6-10-14)20(22)13-15-11-7-8-12-16(15)23-3/h4-13,21H,1-3H3/b19-17+,20-13-. The molecule has 2 rings (SSSR count). The van der Waals surface area contributed by atoms with Gasteiger partial charge >= 0.3 is 0 Å². The molecule has 0 aliphatic carbocycles. The summed E-state index contributed by atoms with van der Waals surface area (Å²) in [6.07, 6.45) is 1.44. The second kappa shape index (κ2) is 6.96. The Morgan fingerprint density at radius 1 is 1.13 bits per heavy atom. The number of oxime groups is 1. The van der Waals surface area contributed by atoms with E-state index in [1.807, 2.05) is 30.3 Å². The molecule has 0 radical (unpaired) electrons. The van der Waals surface area contributed by atoms with Gasteiger partial charge in [-0.3, -0.25) is 0 Å². The zero-order chi connectivity index (χ0) is 16.9. The first-order chi connectivity index (χ1) is 11.0. The van der Waals surface area contributed by atoms with Gasteiger partial charge in [-0.25, -0.2) is 4.74 Å². The maximum atomic E-state index is 12.7. The highest BCUT2D eigenvalue weighted by atomic mass is 16.5. The second-order valence-electron chi connectivity index (χ2n) is 5.57. The fourth-order valence-corrected chi connectivity index (χ4v) is 2.29. The number of benzene rings is 2. The van der Waals surface area contributed by atoms with E-state index in [1.54, 1.807) is 45.2 Å². The van der Waals surface area contributed by atoms with Gasteiger partial charge in [0, 0.05) is 19.4 Å². The van der Waals surface area contributed by atoms with Crippen molar-refractivity contribution in [2.45, 2.75) is 19.4 Å². The molecule has 0 spiro atoms. The number of ether oxygens (including phenoxy) is 1. The van der Waals surface area contributed by atoms with Gasteiger partial charge in [0.25, 0.3) is 0 Å². The van der Waals surface area contributed by atoms with E-state index in [4.69, 9.17) is 4.74 Å². The molecule has 0 fully saturated rings. The van der Waals surface area contributed by atoms with Gasteiger partial charge in [-0.2, -0.15) is 0 Å². The molecule has 0 bridgehead atoms. The molecule has 1 N–H and O–H groups in total. The Bertz CT molecular complexity index is 722. The van der Waals surface area contributed by atoms with E-state index < -0.39 is 5.54 Å². The molecule has 2 aromatic carbocycles. The molecule has 0 atom stereocenters. The third-order valence-corrected chi connectivity index (χ3v) is 3.67. The highest BCUT2D eigenvalue weighted by Gasteiger charge is 2.35. The minimum Gasteiger partial charge on any atom is -0.623 e. The van der Waals surface area contributed by atoms with E-state index in [1.165, 1.54) is 6.21 Å². The van der Waals surface area contributed by atoms with Gasteiger partial charge in [-0.1, -0.05) is 47.6 Å². The lowest BCUT2D eigenvalue weighted by atomic mass is 9.92. The Kier molecular flexibility index (Phi) is 5.01. The van der Waals surface area contributed by atoms with E-state index in [-0.39, 0.29) is 0 Å². The van der Waals surface area contributed by atoms with Crippen molar-refractivity contribution in [2.75, 3.05) is 7.11 Å². The van der Waals surface area contributed by atoms with Crippen LogP contribution in [0.25, 0.3) is 0 Å². The summed E-state index contributed by atoms with van der Waals surface area (Å²) in [6.45, 7) is 3.40. The third kappa shape index (κ3) is 3.51. The fraction of sp³-hybridized carbons (Fsp3) is 0.222. The molecular weight excluding hydrogens is 292 g/mol. The first kappa shape index (κ1) is 16.5. The minimum atomic E-state index is -1.06. The van der Waals surface area contributed by atoms with Crippen LogP contribution in [0.2, 0.25) is 0 Å². The predicted molar refractivity (Wildman–Crippen MR) is 90.6 cm³/mol. The van der Waals surface area contributed by atoms with Crippen LogP contribution in [0.15, 0.2) is 59.8 Å². The molecule has 0 unspecified atom stereocenters. The van der Waals surface area contributed by atoms with Crippen molar-refractivity contribution in [3.63, 3.8) is 0 Å². The van der Waals surface area contributed by atoms with E-state index in [0.717, 1.165) is 4.74 Å². The van der Waals surface area contributed by atoms with Crippen LogP contribution >= 0.6 is 0 Å². The monoisotopic (exact) mass is 312 g/mol. The molecule has 2 aromatic rings. The molecule has 0 heterocycles. The van der Waals surface area contributed by atoms with Crippen molar-refractivity contribution < 1.29 is 14.7 Å². The largest absolute Gasteiger partial charge is 0.623 e. The summed E-state index contributed by atoms with van der Waals surface area (Å²) in [4.78, 5) is 0. The SMILES string of the molecule is COc1ccccc1/C=[N+](\[O-])C(C)(C)/C(=N/O)c1ccccc1. The quantitative estimate of drug-likeness (QED) is 0.303. The summed E-state index contributed by atoms with van der Waals surface area (Å²) in [5.41, 5.74) is 0.577. The Hall–Kier alpha value is -2.82. The van der Waals surface area contributed by atoms with E-state index in [2.05, 4.69) is 5.16 Å². The van der Waals surface area contributed by atoms with Gasteiger partial charge in [0.05, 0.1) is 12.7 Å². The van der Waals surface area contributed by atoms with Crippen molar-refractivity contribution in [3.05, 3.63) is 70.9 Å². The van der Waals surface area contributed by atoms with Gasteiger partial charge in [0.15, 0.2) is 11.9 Å². The van der Waals surface area contributed by atoms with Gasteiger partial charge in [-0.15, -0.1) is 0 Å². The lowest BCUT2D eigenvalue weighted by Crippen LogP contribution is -2.42. The number of hydroxylamine groups is 1. The van der Waals surface area contributed by atoms with E-state index in [0.29, 0.717) is 22.6 Å². The molecule has 0 amide bonds. The highest BCUT2D eigenvalue weighted by molar-refractivity contribution is 6.06. The average molecular weight is 312 g/mol. The van der Waals surface area contributed by atoms with E-state index in [9.17, 15) is 10.4 Å². The van der Waals surface area contributed by atoms with Crippen molar-refractivity contribution in [1.82, 2.24) is 0 Å². The number of nitrogens with zero attached hydrogens (tertiary/aromatic N) is 2. The van der Waals surface area contributed by atoms with Crippen LogP contribution in [0, 0.1) is 5.21 Å². The fourth-order valence-electron chi connectivity index (χ4n) is 2.29. The first-order valence-electron chi connectivity index (χ1n) is 7.23. The maximum absolute atomic E-state index is 12.7. The number of hydrogen-bond acceptors (Lipinski definition) is 4. The summed E-state index contributed by atoms with van der Waals surface area (Å²) >= 11 is 0. The molecule has 0 aliphatic rings. The lowest BCUT2D eigenvalue weighted by Gasteiger charge is -2.25. The number of hydrogen-bond donors (Lipinski definition) is 1. The van der Waals surface area contributed by atoms with Gasteiger partial charge in [-0.05, 0) is 12.1 Å². The van der Waals surface area contributed by atoms with Crippen LogP contribution in [0.4, 0.5) is 0 Å². The smallest absolute Gasteiger partial charge is 0.213 e. The van der Waals surface area contributed by atoms with Crippen LogP contribution in [0.1, 0.15) is 25.0 Å². The van der Waals surface area contributed by atoms with Gasteiger partial charge < -0.3 is 15.2 Å². The Labute approximate surface area is 135 Å². The normalized spacial score (nSPS) is 13.0. The molecule has 5 heteroatoms. The number of para-hydroxylation sites is 1. The van der Waals surface area contributed by atoms with E-state index >= 15 is 0 Å². The molecule has 0 aliphatic heterocycles. The second-order valence-corrected chi connectivity index (χ2v) is 5.57. The van der Waals surface area contributed by atoms with Crippen LogP contribution in [0.3, 0.4) is 0 Å². The van der Waals surface area contributed by atoms with Crippen molar-refractivity contribution >= 4 is 11.9 Å². The Balaban J connectivity index is 2.43. The Morgan fingerprint density at radius 2 is 1.74 bits per heavy atom. The third-order valence-electron chi connectivity index (χ3n) is 3.67. The maximum Gasteiger partial charge on any atom is 0.213 e. The molecular formula is C18H20N2O3. The molecule has 5 nitrogen and oxygen atoms in total. The van der Waals surface area contributed by atoms with Gasteiger partial charge in [0.2, 0.25) is 5.54 Å². The molecule has 0 saturated heterocycles. The first-order valence-corrected chi connectivity index (χ1v) is 7.23. The van der Waals surface area contributed by atoms with Crippen molar-refractivity contribution in [2.24, 2.45) is 5.16 Å². The average Bonchev–Trinajstić information content (AvgIpc) is 2.56. The summed E-state index contributed by atoms with van der Waals surface area (Å²) in [6, 6.07) is 16.4. The van der Waals surface area contributed by atoms with Crippen LogP contribution in [-0.2, 0) is 0 Å². The Morgan fingerprint density at radius 3 is 2.35 bits per heavy atom. The zero-order valence-corrected chi connectivity index (χ0v) is 13.4. The van der Waals surface area contributed by atoms with Crippen molar-refractivity contribution in [1.29, 1.82) is 0 Å². The summed E-state index contributed by atoms with van der Waals surface area (Å²) in [7, 11) is 1.55. The molecule has 23 heavy (non-hydrogen) atoms. The summed E-state index contributed by atoms with van der Waals surface area (Å²) < 4.78 is 6.02. The van der Waals surface area contributed by atoms with Crippen LogP contribution in [-0.4, -0.2) is 34.5 Å². The summed E-state index contributed by atoms with van der Waals surface area (Å²) in [5.74, 6) is 0.603. The summed E-state index contributed by atoms with van der Waals surface area (Å²) in [5, 5.41) is 25.5. The predicted octanol–water partition coefficient (Wildman–Crippen LogP) is 3.28. The topological polar surface area (TPSA) is 67.9 Å². The van der Waals surface area contributed by atoms with Crippen LogP contribution < -0.4 is 4.74 Å². The van der Waals surface area contributed by atoms with Crippen LogP contribution in [0.5, 0.6) is 5.75 Å².